The molecule has 0 aliphatic carbocycles. The summed E-state index contributed by atoms with van der Waals surface area (Å²) >= 11 is 0. The predicted molar refractivity (Wildman–Crippen MR) is 87.3 cm³/mol. The van der Waals surface area contributed by atoms with Crippen molar-refractivity contribution in [1.29, 1.82) is 0 Å². The van der Waals surface area contributed by atoms with Crippen LogP contribution in [0.3, 0.4) is 0 Å². The molecule has 1 aromatic rings. The SMILES string of the molecule is CCN(CC)CCCN(CC)c1ccc(F)cc1[C@@H](C)O. The van der Waals surface area contributed by atoms with Gasteiger partial charge in [0.15, 0.2) is 0 Å². The maximum Gasteiger partial charge on any atom is 0.123 e. The minimum atomic E-state index is -0.660. The average molecular weight is 296 g/mol. The molecule has 0 saturated heterocycles. The van der Waals surface area contributed by atoms with Crippen molar-refractivity contribution in [3.63, 3.8) is 0 Å². The van der Waals surface area contributed by atoms with E-state index in [1.165, 1.54) is 12.1 Å². The highest BCUT2D eigenvalue weighted by Gasteiger charge is 2.14. The van der Waals surface area contributed by atoms with Crippen LogP contribution in [0.5, 0.6) is 0 Å². The lowest BCUT2D eigenvalue weighted by Crippen LogP contribution is -2.30. The van der Waals surface area contributed by atoms with E-state index in [0.29, 0.717) is 5.56 Å². The van der Waals surface area contributed by atoms with Crippen molar-refractivity contribution in [1.82, 2.24) is 4.90 Å². The summed E-state index contributed by atoms with van der Waals surface area (Å²) in [4.78, 5) is 4.61. The van der Waals surface area contributed by atoms with E-state index in [-0.39, 0.29) is 5.82 Å². The highest BCUT2D eigenvalue weighted by Crippen LogP contribution is 2.27. The number of benzene rings is 1. The first-order chi connectivity index (χ1) is 10.0. The maximum atomic E-state index is 13.4. The van der Waals surface area contributed by atoms with E-state index in [1.807, 2.05) is 0 Å². The van der Waals surface area contributed by atoms with E-state index in [9.17, 15) is 9.50 Å². The van der Waals surface area contributed by atoms with Crippen LogP contribution < -0.4 is 4.90 Å². The highest BCUT2D eigenvalue weighted by molar-refractivity contribution is 5.54. The topological polar surface area (TPSA) is 26.7 Å². The van der Waals surface area contributed by atoms with Gasteiger partial charge in [-0.25, -0.2) is 4.39 Å². The fraction of sp³-hybridized carbons (Fsp3) is 0.647. The minimum Gasteiger partial charge on any atom is -0.389 e. The van der Waals surface area contributed by atoms with Gasteiger partial charge in [0.1, 0.15) is 5.82 Å². The molecule has 3 nitrogen and oxygen atoms in total. The number of nitrogens with zero attached hydrogens (tertiary/aromatic N) is 2. The van der Waals surface area contributed by atoms with Crippen LogP contribution in [-0.4, -0.2) is 42.7 Å². The van der Waals surface area contributed by atoms with Gasteiger partial charge in [-0.05, 0) is 58.1 Å². The third-order valence-electron chi connectivity index (χ3n) is 3.96. The zero-order chi connectivity index (χ0) is 15.8. The lowest BCUT2D eigenvalue weighted by molar-refractivity contribution is 0.199. The lowest BCUT2D eigenvalue weighted by atomic mass is 10.1. The normalized spacial score (nSPS) is 12.7. The molecule has 0 saturated carbocycles. The molecule has 0 aliphatic rings. The molecule has 0 amide bonds. The Hall–Kier alpha value is -1.13. The number of rotatable bonds is 9. The smallest absolute Gasteiger partial charge is 0.123 e. The maximum absolute atomic E-state index is 13.4. The minimum absolute atomic E-state index is 0.297. The average Bonchev–Trinajstić information content (AvgIpc) is 2.48. The van der Waals surface area contributed by atoms with Crippen LogP contribution in [0.15, 0.2) is 18.2 Å². The lowest BCUT2D eigenvalue weighted by Gasteiger charge is -2.28. The Bertz CT molecular complexity index is 419. The van der Waals surface area contributed by atoms with Gasteiger partial charge in [0.2, 0.25) is 0 Å². The molecule has 1 N–H and O–H groups in total. The van der Waals surface area contributed by atoms with E-state index in [2.05, 4.69) is 30.6 Å². The van der Waals surface area contributed by atoms with Crippen LogP contribution in [0.1, 0.15) is 45.8 Å². The molecule has 0 fully saturated rings. The van der Waals surface area contributed by atoms with Gasteiger partial charge in [0.25, 0.3) is 0 Å². The quantitative estimate of drug-likeness (QED) is 0.756. The largest absolute Gasteiger partial charge is 0.389 e. The first kappa shape index (κ1) is 17.9. The second-order valence-corrected chi connectivity index (χ2v) is 5.34. The third-order valence-corrected chi connectivity index (χ3v) is 3.96. The van der Waals surface area contributed by atoms with E-state index in [4.69, 9.17) is 0 Å². The second kappa shape index (κ2) is 9.00. The van der Waals surface area contributed by atoms with Crippen molar-refractivity contribution in [2.24, 2.45) is 0 Å². The Morgan fingerprint density at radius 2 is 1.76 bits per heavy atom. The number of hydrogen-bond donors (Lipinski definition) is 1. The molecule has 0 aromatic heterocycles. The highest BCUT2D eigenvalue weighted by atomic mass is 19.1. The summed E-state index contributed by atoms with van der Waals surface area (Å²) in [6, 6.07) is 4.68. The monoisotopic (exact) mass is 296 g/mol. The fourth-order valence-electron chi connectivity index (χ4n) is 2.62. The summed E-state index contributed by atoms with van der Waals surface area (Å²) in [6.07, 6.45) is 0.402. The Morgan fingerprint density at radius 3 is 2.29 bits per heavy atom. The van der Waals surface area contributed by atoms with Gasteiger partial charge in [-0.1, -0.05) is 13.8 Å². The number of halogens is 1. The molecule has 120 valence electrons. The standard InChI is InChI=1S/C17H29FN2O/c1-5-19(6-2)11-8-12-20(7-3)17-10-9-15(18)13-16(17)14(4)21/h9-10,13-14,21H,5-8,11-12H2,1-4H3/t14-/m1/s1. The summed E-state index contributed by atoms with van der Waals surface area (Å²) in [5.74, 6) is -0.297. The van der Waals surface area contributed by atoms with Gasteiger partial charge >= 0.3 is 0 Å². The molecule has 1 rings (SSSR count). The van der Waals surface area contributed by atoms with Crippen molar-refractivity contribution >= 4 is 5.69 Å². The van der Waals surface area contributed by atoms with Gasteiger partial charge in [-0.15, -0.1) is 0 Å². The van der Waals surface area contributed by atoms with E-state index in [1.54, 1.807) is 13.0 Å². The zero-order valence-electron chi connectivity index (χ0n) is 13.8. The van der Waals surface area contributed by atoms with E-state index in [0.717, 1.165) is 44.8 Å². The Morgan fingerprint density at radius 1 is 1.10 bits per heavy atom. The molecule has 0 heterocycles. The fourth-order valence-corrected chi connectivity index (χ4v) is 2.62. The van der Waals surface area contributed by atoms with Crippen LogP contribution in [0.2, 0.25) is 0 Å². The Kier molecular flexibility index (Phi) is 7.68. The second-order valence-electron chi connectivity index (χ2n) is 5.34. The zero-order valence-corrected chi connectivity index (χ0v) is 13.8. The molecule has 21 heavy (non-hydrogen) atoms. The molecule has 1 atom stereocenters. The number of aliphatic hydroxyl groups excluding tert-OH is 1. The summed E-state index contributed by atoms with van der Waals surface area (Å²) in [7, 11) is 0. The van der Waals surface area contributed by atoms with E-state index >= 15 is 0 Å². The van der Waals surface area contributed by atoms with Crippen molar-refractivity contribution in [2.45, 2.75) is 40.2 Å². The van der Waals surface area contributed by atoms with Crippen molar-refractivity contribution in [3.05, 3.63) is 29.6 Å². The molecule has 0 unspecified atom stereocenters. The van der Waals surface area contributed by atoms with Crippen LogP contribution in [-0.2, 0) is 0 Å². The van der Waals surface area contributed by atoms with Crippen LogP contribution >= 0.6 is 0 Å². The first-order valence-corrected chi connectivity index (χ1v) is 7.98. The van der Waals surface area contributed by atoms with Crippen LogP contribution in [0, 0.1) is 5.82 Å². The third kappa shape index (κ3) is 5.29. The molecule has 0 spiro atoms. The summed E-state index contributed by atoms with van der Waals surface area (Å²) in [5, 5.41) is 9.86. The van der Waals surface area contributed by atoms with Gasteiger partial charge in [0, 0.05) is 24.3 Å². The Labute approximate surface area is 128 Å². The molecule has 0 bridgehead atoms. The van der Waals surface area contributed by atoms with Crippen molar-refractivity contribution < 1.29 is 9.50 Å². The van der Waals surface area contributed by atoms with Gasteiger partial charge in [-0.3, -0.25) is 0 Å². The summed E-state index contributed by atoms with van der Waals surface area (Å²) in [5.41, 5.74) is 1.60. The molecular weight excluding hydrogens is 267 g/mol. The molecule has 0 aliphatic heterocycles. The van der Waals surface area contributed by atoms with Gasteiger partial charge in [-0.2, -0.15) is 0 Å². The molecule has 0 radical (unpaired) electrons. The molecule has 1 aromatic carbocycles. The van der Waals surface area contributed by atoms with Crippen molar-refractivity contribution in [2.75, 3.05) is 37.6 Å². The number of hydrogen-bond acceptors (Lipinski definition) is 3. The Balaban J connectivity index is 2.76. The molecular formula is C17H29FN2O. The summed E-state index contributed by atoms with van der Waals surface area (Å²) in [6.45, 7) is 13.1. The summed E-state index contributed by atoms with van der Waals surface area (Å²) < 4.78 is 13.4. The predicted octanol–water partition coefficient (Wildman–Crippen LogP) is 3.44. The van der Waals surface area contributed by atoms with Gasteiger partial charge < -0.3 is 14.9 Å². The van der Waals surface area contributed by atoms with E-state index < -0.39 is 6.10 Å². The number of aliphatic hydroxyl groups is 1. The van der Waals surface area contributed by atoms with Gasteiger partial charge in [0.05, 0.1) is 6.10 Å². The first-order valence-electron chi connectivity index (χ1n) is 7.98. The number of anilines is 1. The van der Waals surface area contributed by atoms with Crippen LogP contribution in [0.25, 0.3) is 0 Å². The molecule has 4 heteroatoms. The van der Waals surface area contributed by atoms with Crippen LogP contribution in [0.4, 0.5) is 10.1 Å². The van der Waals surface area contributed by atoms with Crippen molar-refractivity contribution in [3.8, 4) is 0 Å².